The van der Waals surface area contributed by atoms with Gasteiger partial charge in [0.1, 0.15) is 0 Å². The van der Waals surface area contributed by atoms with E-state index in [0.717, 1.165) is 18.8 Å². The van der Waals surface area contributed by atoms with E-state index in [0.29, 0.717) is 10.0 Å². The third kappa shape index (κ3) is 4.79. The molecule has 1 amide bonds. The van der Waals surface area contributed by atoms with Crippen LogP contribution in [0.1, 0.15) is 43.0 Å². The molecule has 116 valence electrons. The fraction of sp³-hybridized carbons (Fsp3) is 0.500. The van der Waals surface area contributed by atoms with E-state index in [-0.39, 0.29) is 16.8 Å². The van der Waals surface area contributed by atoms with Gasteiger partial charge in [0, 0.05) is 16.1 Å². The van der Waals surface area contributed by atoms with Crippen LogP contribution in [0.15, 0.2) is 27.6 Å². The maximum atomic E-state index is 12.3. The van der Waals surface area contributed by atoms with E-state index in [2.05, 4.69) is 21.2 Å². The molecule has 0 spiro atoms. The Morgan fingerprint density at radius 3 is 2.62 bits per heavy atom. The first-order chi connectivity index (χ1) is 9.79. The summed E-state index contributed by atoms with van der Waals surface area (Å²) in [5.74, 6) is 0.450. The Hall–Kier alpha value is -0.920. The molecule has 1 unspecified atom stereocenters. The number of sulfonamides is 1. The quantitative estimate of drug-likeness (QED) is 0.800. The summed E-state index contributed by atoms with van der Waals surface area (Å²) in [6.45, 7) is 2.03. The van der Waals surface area contributed by atoms with Crippen LogP contribution in [0.3, 0.4) is 0 Å². The Labute approximate surface area is 133 Å². The summed E-state index contributed by atoms with van der Waals surface area (Å²) in [5, 5.41) is 8.08. The lowest BCUT2D eigenvalue weighted by Gasteiger charge is -2.17. The highest BCUT2D eigenvalue weighted by Gasteiger charge is 2.26. The zero-order valence-electron chi connectivity index (χ0n) is 11.8. The minimum atomic E-state index is -3.83. The van der Waals surface area contributed by atoms with Crippen molar-refractivity contribution in [1.82, 2.24) is 5.32 Å². The van der Waals surface area contributed by atoms with Gasteiger partial charge in [0.2, 0.25) is 10.0 Å². The normalized spacial score (nSPS) is 16.5. The smallest absolute Gasteiger partial charge is 0.251 e. The Morgan fingerprint density at radius 1 is 1.43 bits per heavy atom. The lowest BCUT2D eigenvalue weighted by Crippen LogP contribution is -2.34. The van der Waals surface area contributed by atoms with Crippen molar-refractivity contribution >= 4 is 31.9 Å². The average molecular weight is 375 g/mol. The molecule has 1 aliphatic carbocycles. The van der Waals surface area contributed by atoms with E-state index in [1.165, 1.54) is 25.0 Å². The van der Waals surface area contributed by atoms with Gasteiger partial charge in [-0.15, -0.1) is 0 Å². The third-order valence-corrected chi connectivity index (χ3v) is 4.96. The fourth-order valence-electron chi connectivity index (χ4n) is 2.21. The molecule has 7 heteroatoms. The molecule has 0 heterocycles. The van der Waals surface area contributed by atoms with E-state index in [4.69, 9.17) is 5.14 Å². The van der Waals surface area contributed by atoms with Crippen molar-refractivity contribution in [3.05, 3.63) is 28.2 Å². The maximum absolute atomic E-state index is 12.3. The molecule has 0 aliphatic heterocycles. The van der Waals surface area contributed by atoms with Gasteiger partial charge in [-0.2, -0.15) is 0 Å². The van der Waals surface area contributed by atoms with Gasteiger partial charge in [0.15, 0.2) is 0 Å². The molecule has 1 aromatic carbocycles. The Kier molecular flexibility index (Phi) is 5.06. The molecule has 2 rings (SSSR count). The number of benzene rings is 1. The van der Waals surface area contributed by atoms with Crippen molar-refractivity contribution in [2.45, 2.75) is 43.5 Å². The highest BCUT2D eigenvalue weighted by atomic mass is 79.9. The van der Waals surface area contributed by atoms with E-state index in [1.807, 2.05) is 6.92 Å². The molecule has 0 radical (unpaired) electrons. The van der Waals surface area contributed by atoms with E-state index in [9.17, 15) is 13.2 Å². The number of hydrogen-bond donors (Lipinski definition) is 2. The van der Waals surface area contributed by atoms with Gasteiger partial charge >= 0.3 is 0 Å². The minimum absolute atomic E-state index is 0.0720. The van der Waals surface area contributed by atoms with Crippen LogP contribution in [0.2, 0.25) is 0 Å². The van der Waals surface area contributed by atoms with Crippen LogP contribution in [0.5, 0.6) is 0 Å². The van der Waals surface area contributed by atoms with Crippen LogP contribution in [0.25, 0.3) is 0 Å². The van der Waals surface area contributed by atoms with Gasteiger partial charge in [-0.3, -0.25) is 4.79 Å². The molecule has 0 bridgehead atoms. The second-order valence-electron chi connectivity index (χ2n) is 5.48. The zero-order valence-corrected chi connectivity index (χ0v) is 14.2. The first-order valence-electron chi connectivity index (χ1n) is 6.94. The van der Waals surface area contributed by atoms with Crippen molar-refractivity contribution in [2.75, 3.05) is 0 Å². The predicted molar refractivity (Wildman–Crippen MR) is 84.4 cm³/mol. The van der Waals surface area contributed by atoms with Crippen LogP contribution in [0, 0.1) is 5.92 Å². The van der Waals surface area contributed by atoms with Gasteiger partial charge in [-0.1, -0.05) is 35.7 Å². The molecule has 0 aromatic heterocycles. The average Bonchev–Trinajstić information content (AvgIpc) is 3.20. The molecule has 1 aliphatic rings. The second kappa shape index (κ2) is 6.46. The fourth-order valence-corrected chi connectivity index (χ4v) is 3.44. The highest BCUT2D eigenvalue weighted by molar-refractivity contribution is 9.10. The number of halogens is 1. The van der Waals surface area contributed by atoms with E-state index < -0.39 is 10.0 Å². The van der Waals surface area contributed by atoms with Crippen LogP contribution in [0.4, 0.5) is 0 Å². The van der Waals surface area contributed by atoms with Crippen molar-refractivity contribution in [3.63, 3.8) is 0 Å². The largest absolute Gasteiger partial charge is 0.349 e. The van der Waals surface area contributed by atoms with E-state index in [1.54, 1.807) is 6.07 Å². The molecule has 1 saturated carbocycles. The topological polar surface area (TPSA) is 89.3 Å². The lowest BCUT2D eigenvalue weighted by molar-refractivity contribution is 0.0932. The number of amides is 1. The molecule has 3 N–H and O–H groups in total. The molecule has 0 saturated heterocycles. The Bertz CT molecular complexity index is 642. The van der Waals surface area contributed by atoms with Crippen LogP contribution in [-0.2, 0) is 10.0 Å². The van der Waals surface area contributed by atoms with Crippen molar-refractivity contribution < 1.29 is 13.2 Å². The van der Waals surface area contributed by atoms with Gasteiger partial charge in [0.05, 0.1) is 4.90 Å². The van der Waals surface area contributed by atoms with Crippen molar-refractivity contribution in [2.24, 2.45) is 11.1 Å². The predicted octanol–water partition coefficient (Wildman–Crippen LogP) is 2.41. The Balaban J connectivity index is 2.16. The van der Waals surface area contributed by atoms with Gasteiger partial charge < -0.3 is 5.32 Å². The van der Waals surface area contributed by atoms with Gasteiger partial charge in [0.25, 0.3) is 5.91 Å². The summed E-state index contributed by atoms with van der Waals surface area (Å²) in [6, 6.07) is 4.41. The number of nitrogens with one attached hydrogen (secondary N) is 1. The Morgan fingerprint density at radius 2 is 2.10 bits per heavy atom. The first-order valence-corrected chi connectivity index (χ1v) is 9.27. The molecule has 21 heavy (non-hydrogen) atoms. The summed E-state index contributed by atoms with van der Waals surface area (Å²) in [7, 11) is -3.83. The minimum Gasteiger partial charge on any atom is -0.349 e. The second-order valence-corrected chi connectivity index (χ2v) is 7.96. The summed E-state index contributed by atoms with van der Waals surface area (Å²) in [4.78, 5) is 12.2. The van der Waals surface area contributed by atoms with Crippen molar-refractivity contribution in [3.8, 4) is 0 Å². The summed E-state index contributed by atoms with van der Waals surface area (Å²) < 4.78 is 23.3. The maximum Gasteiger partial charge on any atom is 0.251 e. The number of primary sulfonamides is 1. The van der Waals surface area contributed by atoms with Crippen molar-refractivity contribution in [1.29, 1.82) is 0 Å². The highest BCUT2D eigenvalue weighted by Crippen LogP contribution is 2.34. The SMILES string of the molecule is CCC(CC1CC1)NC(=O)c1cc(Br)cc(S(N)(=O)=O)c1. The molecular weight excluding hydrogens is 356 g/mol. The number of hydrogen-bond acceptors (Lipinski definition) is 3. The monoisotopic (exact) mass is 374 g/mol. The molecule has 1 aromatic rings. The number of carbonyl (C=O) groups is 1. The first kappa shape index (κ1) is 16.5. The lowest BCUT2D eigenvalue weighted by atomic mass is 10.1. The number of carbonyl (C=O) groups excluding carboxylic acids is 1. The summed E-state index contributed by atoms with van der Waals surface area (Å²) in [6.07, 6.45) is 4.31. The molecule has 5 nitrogen and oxygen atoms in total. The number of rotatable bonds is 6. The molecule has 1 atom stereocenters. The zero-order chi connectivity index (χ0) is 15.6. The van der Waals surface area contributed by atoms with Gasteiger partial charge in [-0.05, 0) is 37.0 Å². The summed E-state index contributed by atoms with van der Waals surface area (Å²) >= 11 is 3.21. The van der Waals surface area contributed by atoms with E-state index >= 15 is 0 Å². The van der Waals surface area contributed by atoms with Crippen LogP contribution >= 0.6 is 15.9 Å². The number of nitrogens with two attached hydrogens (primary N) is 1. The van der Waals surface area contributed by atoms with Gasteiger partial charge in [-0.25, -0.2) is 13.6 Å². The molecular formula is C14H19BrN2O3S. The standard InChI is InChI=1S/C14H19BrN2O3S/c1-2-12(5-9-3-4-9)17-14(18)10-6-11(15)8-13(7-10)21(16,19)20/h6-9,12H,2-5H2,1H3,(H,17,18)(H2,16,19,20). The van der Waals surface area contributed by atoms with Crippen LogP contribution in [-0.4, -0.2) is 20.4 Å². The van der Waals surface area contributed by atoms with Crippen LogP contribution < -0.4 is 10.5 Å². The third-order valence-electron chi connectivity index (χ3n) is 3.60. The summed E-state index contributed by atoms with van der Waals surface area (Å²) in [5.41, 5.74) is 0.294. The molecule has 1 fully saturated rings.